The maximum Gasteiger partial charge on any atom is 0.242 e. The van der Waals surface area contributed by atoms with Gasteiger partial charge in [0.25, 0.3) is 0 Å². The van der Waals surface area contributed by atoms with Crippen LogP contribution in [0, 0.1) is 13.8 Å². The van der Waals surface area contributed by atoms with E-state index in [1.165, 1.54) is 0 Å². The van der Waals surface area contributed by atoms with Crippen molar-refractivity contribution in [2.45, 2.75) is 13.8 Å². The monoisotopic (exact) mass is 397 g/mol. The van der Waals surface area contributed by atoms with E-state index in [0.717, 1.165) is 16.9 Å². The van der Waals surface area contributed by atoms with Gasteiger partial charge in [-0.3, -0.25) is 10.2 Å². The van der Waals surface area contributed by atoms with Crippen LogP contribution < -0.4 is 5.43 Å². The number of nitrogens with one attached hydrogen (secondary N) is 1. The van der Waals surface area contributed by atoms with Gasteiger partial charge in [0, 0.05) is 0 Å². The third kappa shape index (κ3) is 3.83. The first-order valence-electron chi connectivity index (χ1n) is 7.64. The van der Waals surface area contributed by atoms with Crippen LogP contribution in [0.5, 0.6) is 0 Å². The summed E-state index contributed by atoms with van der Waals surface area (Å²) in [5.41, 5.74) is 6.52. The van der Waals surface area contributed by atoms with E-state index in [1.54, 1.807) is 11.6 Å². The molecular formula is C18H16BrN5O. The van der Waals surface area contributed by atoms with E-state index < -0.39 is 0 Å². The Balaban J connectivity index is 1.82. The lowest BCUT2D eigenvalue weighted by Crippen LogP contribution is -2.12. The Morgan fingerprint density at radius 1 is 1.08 bits per heavy atom. The zero-order valence-electron chi connectivity index (χ0n) is 13.8. The van der Waals surface area contributed by atoms with E-state index >= 15 is 0 Å². The number of hydrazone groups is 1. The van der Waals surface area contributed by atoms with E-state index in [4.69, 9.17) is 0 Å². The van der Waals surface area contributed by atoms with Crippen LogP contribution in [0.3, 0.4) is 0 Å². The molecule has 1 heterocycles. The summed E-state index contributed by atoms with van der Waals surface area (Å²) >= 11 is 3.21. The predicted octanol–water partition coefficient (Wildman–Crippen LogP) is 3.89. The number of para-hydroxylation sites is 1. The molecule has 0 saturated heterocycles. The molecule has 6 nitrogen and oxygen atoms in total. The molecule has 0 radical (unpaired) electrons. The standard InChI is InChI=1S/C18H16BrN5O/c1-12-8-10-15(11-9-12)24-13(2)16(21-23-24)17(25)18(19)22-20-14-6-4-3-5-7-14/h3-11,20H,1-2H3. The lowest BCUT2D eigenvalue weighted by molar-refractivity contribution is 0.106. The van der Waals surface area contributed by atoms with Crippen molar-refractivity contribution < 1.29 is 4.79 Å². The molecule has 7 heteroatoms. The van der Waals surface area contributed by atoms with Gasteiger partial charge in [-0.1, -0.05) is 41.1 Å². The third-order valence-corrected chi connectivity index (χ3v) is 4.17. The van der Waals surface area contributed by atoms with Gasteiger partial charge in [0.1, 0.15) is 0 Å². The van der Waals surface area contributed by atoms with Gasteiger partial charge < -0.3 is 0 Å². The number of rotatable bonds is 5. The maximum absolute atomic E-state index is 12.6. The molecule has 1 N–H and O–H groups in total. The smallest absolute Gasteiger partial charge is 0.242 e. The number of aryl methyl sites for hydroxylation is 1. The largest absolute Gasteiger partial charge is 0.284 e. The molecule has 0 atom stereocenters. The first-order chi connectivity index (χ1) is 12.1. The first-order valence-corrected chi connectivity index (χ1v) is 8.44. The summed E-state index contributed by atoms with van der Waals surface area (Å²) < 4.78 is 1.77. The van der Waals surface area contributed by atoms with Gasteiger partial charge >= 0.3 is 0 Å². The lowest BCUT2D eigenvalue weighted by Gasteiger charge is -2.04. The molecule has 0 fully saturated rings. The topological polar surface area (TPSA) is 72.2 Å². The van der Waals surface area contributed by atoms with Gasteiger partial charge in [0.15, 0.2) is 10.3 Å². The minimum absolute atomic E-state index is 0.135. The van der Waals surface area contributed by atoms with Crippen LogP contribution in [-0.2, 0) is 0 Å². The summed E-state index contributed by atoms with van der Waals surface area (Å²) in [7, 11) is 0. The fourth-order valence-electron chi connectivity index (χ4n) is 2.24. The van der Waals surface area contributed by atoms with Crippen LogP contribution in [0.25, 0.3) is 5.69 Å². The van der Waals surface area contributed by atoms with Gasteiger partial charge in [-0.25, -0.2) is 4.68 Å². The first kappa shape index (κ1) is 17.0. The Hall–Kier alpha value is -2.80. The summed E-state index contributed by atoms with van der Waals surface area (Å²) in [5, 5.41) is 12.2. The molecule has 0 aliphatic carbocycles. The number of nitrogens with zero attached hydrogens (tertiary/aromatic N) is 4. The van der Waals surface area contributed by atoms with E-state index in [2.05, 4.69) is 36.8 Å². The molecule has 0 aliphatic rings. The molecule has 2 aromatic carbocycles. The van der Waals surface area contributed by atoms with Gasteiger partial charge in [0.05, 0.1) is 17.1 Å². The Morgan fingerprint density at radius 3 is 2.44 bits per heavy atom. The molecule has 126 valence electrons. The van der Waals surface area contributed by atoms with E-state index in [0.29, 0.717) is 5.69 Å². The summed E-state index contributed by atoms with van der Waals surface area (Å²) in [6.45, 7) is 3.82. The molecule has 0 unspecified atom stereocenters. The molecule has 3 aromatic rings. The van der Waals surface area contributed by atoms with Crippen molar-refractivity contribution >= 4 is 32.0 Å². The number of hydrogen-bond donors (Lipinski definition) is 1. The van der Waals surface area contributed by atoms with Gasteiger partial charge in [0.2, 0.25) is 5.78 Å². The number of Topliss-reactive ketones (excluding diaryl/α,β-unsaturated/α-hetero) is 1. The van der Waals surface area contributed by atoms with E-state index in [-0.39, 0.29) is 16.1 Å². The van der Waals surface area contributed by atoms with Crippen LogP contribution in [0.4, 0.5) is 5.69 Å². The highest BCUT2D eigenvalue weighted by Gasteiger charge is 2.20. The third-order valence-electron chi connectivity index (χ3n) is 3.63. The Labute approximate surface area is 153 Å². The van der Waals surface area contributed by atoms with Gasteiger partial charge in [-0.05, 0) is 54.0 Å². The number of hydrogen-bond acceptors (Lipinski definition) is 5. The molecule has 0 amide bonds. The Bertz CT molecular complexity index is 916. The minimum Gasteiger partial charge on any atom is -0.284 e. The lowest BCUT2D eigenvalue weighted by atomic mass is 10.2. The predicted molar refractivity (Wildman–Crippen MR) is 102 cm³/mol. The average Bonchev–Trinajstić information content (AvgIpc) is 3.02. The SMILES string of the molecule is Cc1ccc(-n2nnc(C(=O)C(Br)=NNc3ccccc3)c2C)cc1. The highest BCUT2D eigenvalue weighted by atomic mass is 79.9. The maximum atomic E-state index is 12.6. The highest BCUT2D eigenvalue weighted by molar-refractivity contribution is 9.19. The molecule has 3 rings (SSSR count). The quantitative estimate of drug-likeness (QED) is 0.402. The molecule has 0 saturated carbocycles. The molecule has 0 spiro atoms. The van der Waals surface area contributed by atoms with Crippen molar-refractivity contribution in [1.82, 2.24) is 15.0 Å². The van der Waals surface area contributed by atoms with Crippen molar-refractivity contribution in [2.24, 2.45) is 5.10 Å². The summed E-state index contributed by atoms with van der Waals surface area (Å²) in [6, 6.07) is 17.2. The highest BCUT2D eigenvalue weighted by Crippen LogP contribution is 2.15. The van der Waals surface area contributed by atoms with Crippen molar-refractivity contribution in [3.05, 3.63) is 71.5 Å². The number of carbonyl (C=O) groups is 1. The molecule has 1 aromatic heterocycles. The van der Waals surface area contributed by atoms with E-state index in [1.807, 2.05) is 61.5 Å². The number of halogens is 1. The number of benzene rings is 2. The summed E-state index contributed by atoms with van der Waals surface area (Å²) in [4.78, 5) is 12.6. The van der Waals surface area contributed by atoms with E-state index in [9.17, 15) is 4.79 Å². The molecule has 0 aliphatic heterocycles. The fraction of sp³-hybridized carbons (Fsp3) is 0.111. The Morgan fingerprint density at radius 2 is 1.76 bits per heavy atom. The van der Waals surface area contributed by atoms with Crippen molar-refractivity contribution in [2.75, 3.05) is 5.43 Å². The number of carbonyl (C=O) groups excluding carboxylic acids is 1. The van der Waals surface area contributed by atoms with Crippen molar-refractivity contribution in [3.8, 4) is 5.69 Å². The van der Waals surface area contributed by atoms with Crippen LogP contribution in [0.2, 0.25) is 0 Å². The number of anilines is 1. The second-order valence-electron chi connectivity index (χ2n) is 5.48. The Kier molecular flexibility index (Phi) is 5.04. The summed E-state index contributed by atoms with van der Waals surface area (Å²) in [5.74, 6) is -0.334. The van der Waals surface area contributed by atoms with Crippen LogP contribution in [-0.4, -0.2) is 25.4 Å². The second kappa shape index (κ2) is 7.40. The van der Waals surface area contributed by atoms with Gasteiger partial charge in [-0.2, -0.15) is 5.10 Å². The number of aromatic nitrogens is 3. The minimum atomic E-state index is -0.334. The molecule has 0 bridgehead atoms. The average molecular weight is 398 g/mol. The molecular weight excluding hydrogens is 382 g/mol. The van der Waals surface area contributed by atoms with Crippen LogP contribution in [0.1, 0.15) is 21.7 Å². The van der Waals surface area contributed by atoms with Crippen molar-refractivity contribution in [1.29, 1.82) is 0 Å². The second-order valence-corrected chi connectivity index (χ2v) is 6.23. The van der Waals surface area contributed by atoms with Gasteiger partial charge in [-0.15, -0.1) is 5.10 Å². The van der Waals surface area contributed by atoms with Crippen LogP contribution >= 0.6 is 15.9 Å². The molecule has 25 heavy (non-hydrogen) atoms. The summed E-state index contributed by atoms with van der Waals surface area (Å²) in [6.07, 6.45) is 0. The zero-order valence-corrected chi connectivity index (χ0v) is 15.4. The normalized spacial score (nSPS) is 11.4. The van der Waals surface area contributed by atoms with Crippen molar-refractivity contribution in [3.63, 3.8) is 0 Å². The zero-order chi connectivity index (χ0) is 17.8. The fourth-order valence-corrected chi connectivity index (χ4v) is 2.52. The van der Waals surface area contributed by atoms with Crippen LogP contribution in [0.15, 0.2) is 59.7 Å². The number of ketones is 1.